The van der Waals surface area contributed by atoms with E-state index < -0.39 is 0 Å². The minimum Gasteiger partial charge on any atom is -0.496 e. The fourth-order valence-corrected chi connectivity index (χ4v) is 4.57. The van der Waals surface area contributed by atoms with E-state index in [1.54, 1.807) is 33.5 Å². The summed E-state index contributed by atoms with van der Waals surface area (Å²) in [5.41, 5.74) is 4.71. The highest BCUT2D eigenvalue weighted by Crippen LogP contribution is 2.35. The van der Waals surface area contributed by atoms with Crippen molar-refractivity contribution >= 4 is 23.9 Å². The maximum atomic E-state index is 12.7. The first-order valence-corrected chi connectivity index (χ1v) is 13.0. The Morgan fingerprint density at radius 1 is 0.850 bits per heavy atom. The summed E-state index contributed by atoms with van der Waals surface area (Å²) in [5, 5.41) is 13.4. The molecule has 0 saturated carbocycles. The van der Waals surface area contributed by atoms with E-state index in [2.05, 4.69) is 20.7 Å². The molecule has 1 aromatic heterocycles. The fraction of sp³-hybridized carbons (Fsp3) is 0.214. The van der Waals surface area contributed by atoms with Crippen molar-refractivity contribution < 1.29 is 28.5 Å². The van der Waals surface area contributed by atoms with Gasteiger partial charge in [0.2, 0.25) is 0 Å². The minimum absolute atomic E-state index is 0.0467. The molecule has 0 atom stereocenters. The Morgan fingerprint density at radius 3 is 2.15 bits per heavy atom. The second-order valence-electron chi connectivity index (χ2n) is 8.07. The van der Waals surface area contributed by atoms with Crippen LogP contribution in [-0.2, 0) is 4.79 Å². The molecule has 0 unspecified atom stereocenters. The molecule has 1 N–H and O–H groups in total. The molecule has 0 radical (unpaired) electrons. The number of aromatic nitrogens is 3. The largest absolute Gasteiger partial charge is 0.496 e. The van der Waals surface area contributed by atoms with Crippen LogP contribution in [0.2, 0.25) is 0 Å². The number of rotatable bonds is 12. The van der Waals surface area contributed by atoms with E-state index in [4.69, 9.17) is 23.7 Å². The van der Waals surface area contributed by atoms with Gasteiger partial charge in [0.05, 0.1) is 53.1 Å². The Morgan fingerprint density at radius 2 is 1.52 bits per heavy atom. The number of amides is 1. The summed E-state index contributed by atoms with van der Waals surface area (Å²) in [6, 6.07) is 18.6. The van der Waals surface area contributed by atoms with Crippen LogP contribution < -0.4 is 29.1 Å². The van der Waals surface area contributed by atoms with Crippen molar-refractivity contribution in [2.24, 2.45) is 5.10 Å². The highest BCUT2D eigenvalue weighted by molar-refractivity contribution is 7.99. The number of hydrogen-bond acceptors (Lipinski definition) is 10. The van der Waals surface area contributed by atoms with E-state index in [1.807, 2.05) is 53.1 Å². The summed E-state index contributed by atoms with van der Waals surface area (Å²) in [6.07, 6.45) is 1.46. The zero-order valence-electron chi connectivity index (χ0n) is 22.7. The normalized spacial score (nSPS) is 10.8. The number of carbonyl (C=O) groups excluding carboxylic acids is 1. The molecular weight excluding hydrogens is 534 g/mol. The lowest BCUT2D eigenvalue weighted by molar-refractivity contribution is -0.118. The van der Waals surface area contributed by atoms with Crippen molar-refractivity contribution in [2.45, 2.75) is 5.16 Å². The molecule has 0 aliphatic rings. The second-order valence-corrected chi connectivity index (χ2v) is 9.02. The number of nitrogens with zero attached hydrogens (tertiary/aromatic N) is 4. The molecule has 0 saturated heterocycles. The smallest absolute Gasteiger partial charge is 0.250 e. The van der Waals surface area contributed by atoms with Crippen LogP contribution in [0.3, 0.4) is 0 Å². The molecule has 4 aromatic rings. The van der Waals surface area contributed by atoms with Crippen molar-refractivity contribution in [2.75, 3.05) is 41.3 Å². The molecule has 0 spiro atoms. The molecule has 1 heterocycles. The van der Waals surface area contributed by atoms with Crippen LogP contribution in [0.25, 0.3) is 17.1 Å². The van der Waals surface area contributed by atoms with Gasteiger partial charge in [0.25, 0.3) is 5.91 Å². The van der Waals surface area contributed by atoms with Gasteiger partial charge >= 0.3 is 0 Å². The summed E-state index contributed by atoms with van der Waals surface area (Å²) < 4.78 is 28.8. The van der Waals surface area contributed by atoms with E-state index in [1.165, 1.54) is 32.2 Å². The molecule has 0 aliphatic carbocycles. The molecule has 40 heavy (non-hydrogen) atoms. The third-order valence-electron chi connectivity index (χ3n) is 5.76. The van der Waals surface area contributed by atoms with Gasteiger partial charge in [0.15, 0.2) is 22.5 Å². The van der Waals surface area contributed by atoms with Crippen molar-refractivity contribution in [1.82, 2.24) is 20.2 Å². The summed E-state index contributed by atoms with van der Waals surface area (Å²) in [6.45, 7) is 0. The van der Waals surface area contributed by atoms with Gasteiger partial charge in [-0.2, -0.15) is 5.10 Å². The third-order valence-corrected chi connectivity index (χ3v) is 6.69. The zero-order chi connectivity index (χ0) is 28.5. The van der Waals surface area contributed by atoms with Crippen LogP contribution in [-0.4, -0.2) is 68.2 Å². The molecule has 1 amide bonds. The number of nitrogens with one attached hydrogen (secondary N) is 1. The molecule has 0 bridgehead atoms. The molecule has 0 aliphatic heterocycles. The summed E-state index contributed by atoms with van der Waals surface area (Å²) in [5.74, 6) is 3.03. The number of hydrazone groups is 1. The first-order valence-electron chi connectivity index (χ1n) is 12.0. The Hall–Kier alpha value is -4.71. The van der Waals surface area contributed by atoms with E-state index in [-0.39, 0.29) is 11.7 Å². The topological polar surface area (TPSA) is 118 Å². The molecule has 12 heteroatoms. The van der Waals surface area contributed by atoms with Gasteiger partial charge in [-0.3, -0.25) is 9.36 Å². The Kier molecular flexibility index (Phi) is 9.47. The monoisotopic (exact) mass is 563 g/mol. The van der Waals surface area contributed by atoms with Gasteiger partial charge in [0, 0.05) is 23.4 Å². The number of para-hydroxylation sites is 1. The van der Waals surface area contributed by atoms with Crippen molar-refractivity contribution in [3.05, 3.63) is 66.2 Å². The lowest BCUT2D eigenvalue weighted by atomic mass is 10.2. The molecule has 208 valence electrons. The maximum absolute atomic E-state index is 12.7. The van der Waals surface area contributed by atoms with Crippen LogP contribution in [0, 0.1) is 0 Å². The van der Waals surface area contributed by atoms with E-state index in [0.29, 0.717) is 45.3 Å². The Labute approximate surface area is 236 Å². The SMILES string of the molecule is COc1cc(OC)c(C=NNC(=O)CSc2nnc(-c3ccc(OC)c(OC)c3)n2-c2ccccc2)c(OC)c1. The van der Waals surface area contributed by atoms with Crippen LogP contribution in [0.4, 0.5) is 0 Å². The number of thioether (sulfide) groups is 1. The molecule has 4 rings (SSSR count). The number of hydrogen-bond donors (Lipinski definition) is 1. The minimum atomic E-state index is -0.331. The Bertz CT molecular complexity index is 1470. The highest BCUT2D eigenvalue weighted by Gasteiger charge is 2.19. The van der Waals surface area contributed by atoms with Crippen molar-refractivity contribution in [3.63, 3.8) is 0 Å². The lowest BCUT2D eigenvalue weighted by Gasteiger charge is -2.12. The first kappa shape index (κ1) is 28.3. The summed E-state index contributed by atoms with van der Waals surface area (Å²) in [4.78, 5) is 12.7. The molecule has 3 aromatic carbocycles. The van der Waals surface area contributed by atoms with Crippen molar-refractivity contribution in [1.29, 1.82) is 0 Å². The number of ether oxygens (including phenoxy) is 5. The lowest BCUT2D eigenvalue weighted by Crippen LogP contribution is -2.20. The average molecular weight is 564 g/mol. The van der Waals surface area contributed by atoms with Crippen LogP contribution >= 0.6 is 11.8 Å². The average Bonchev–Trinajstić information content (AvgIpc) is 3.43. The predicted octanol–water partition coefficient (Wildman–Crippen LogP) is 4.22. The number of benzene rings is 3. The zero-order valence-corrected chi connectivity index (χ0v) is 23.5. The van der Waals surface area contributed by atoms with Gasteiger partial charge in [-0.05, 0) is 30.3 Å². The van der Waals surface area contributed by atoms with E-state index >= 15 is 0 Å². The number of carbonyl (C=O) groups is 1. The third kappa shape index (κ3) is 6.29. The fourth-order valence-electron chi connectivity index (χ4n) is 3.83. The van der Waals surface area contributed by atoms with E-state index in [0.717, 1.165) is 11.3 Å². The van der Waals surface area contributed by atoms with Crippen LogP contribution in [0.15, 0.2) is 70.9 Å². The molecular formula is C28H29N5O6S. The molecule has 0 fully saturated rings. The summed E-state index contributed by atoms with van der Waals surface area (Å²) in [7, 11) is 7.76. The van der Waals surface area contributed by atoms with Gasteiger partial charge < -0.3 is 23.7 Å². The van der Waals surface area contributed by atoms with Gasteiger partial charge in [0.1, 0.15) is 17.2 Å². The van der Waals surface area contributed by atoms with Gasteiger partial charge in [-0.25, -0.2) is 5.43 Å². The predicted molar refractivity (Wildman–Crippen MR) is 152 cm³/mol. The van der Waals surface area contributed by atoms with Gasteiger partial charge in [-0.15, -0.1) is 10.2 Å². The molecule has 11 nitrogen and oxygen atoms in total. The van der Waals surface area contributed by atoms with Crippen molar-refractivity contribution in [3.8, 4) is 45.8 Å². The van der Waals surface area contributed by atoms with Crippen LogP contribution in [0.5, 0.6) is 28.7 Å². The summed E-state index contributed by atoms with van der Waals surface area (Å²) >= 11 is 1.23. The highest BCUT2D eigenvalue weighted by atomic mass is 32.2. The standard InChI is InChI=1S/C28H29N5O6S/c1-35-20-14-23(37-3)21(24(15-20)38-4)16-29-30-26(34)17-40-28-32-31-27(33(28)19-9-7-6-8-10-19)18-11-12-22(36-2)25(13-18)39-5/h6-16H,17H2,1-5H3,(H,30,34). The maximum Gasteiger partial charge on any atom is 0.250 e. The Balaban J connectivity index is 1.53. The second kappa shape index (κ2) is 13.4. The quantitative estimate of drug-likeness (QED) is 0.154. The first-order chi connectivity index (χ1) is 19.5. The van der Waals surface area contributed by atoms with Crippen LogP contribution in [0.1, 0.15) is 5.56 Å². The van der Waals surface area contributed by atoms with Gasteiger partial charge in [-0.1, -0.05) is 30.0 Å². The van der Waals surface area contributed by atoms with E-state index in [9.17, 15) is 4.79 Å². The number of methoxy groups -OCH3 is 5.